The summed E-state index contributed by atoms with van der Waals surface area (Å²) < 4.78 is 57.7. The highest BCUT2D eigenvalue weighted by molar-refractivity contribution is 6.30. The summed E-state index contributed by atoms with van der Waals surface area (Å²) in [7, 11) is 1.27. The predicted octanol–water partition coefficient (Wildman–Crippen LogP) is 7.53. The van der Waals surface area contributed by atoms with Crippen molar-refractivity contribution in [1.29, 1.82) is 0 Å². The Kier molecular flexibility index (Phi) is 7.36. The number of amides is 1. The maximum absolute atomic E-state index is 16.1. The molecule has 0 unspecified atom stereocenters. The number of carbonyl (C=O) groups excluding carboxylic acids is 2. The molecule has 2 aliphatic rings. The van der Waals surface area contributed by atoms with E-state index in [4.69, 9.17) is 26.1 Å². The van der Waals surface area contributed by atoms with E-state index >= 15 is 4.39 Å². The van der Waals surface area contributed by atoms with Crippen molar-refractivity contribution in [3.05, 3.63) is 77.1 Å². The maximum Gasteiger partial charge on any atom is 0.350 e. The summed E-state index contributed by atoms with van der Waals surface area (Å²) in [5, 5.41) is 0.491. The minimum atomic E-state index is -1.22. The normalized spacial score (nSPS) is 17.0. The lowest BCUT2D eigenvalue weighted by molar-refractivity contribution is -0.151. The highest BCUT2D eigenvalue weighted by atomic mass is 35.5. The number of nitrogens with zero attached hydrogens (tertiary/aromatic N) is 3. The van der Waals surface area contributed by atoms with Crippen LogP contribution in [0.3, 0.4) is 0 Å². The second kappa shape index (κ2) is 10.9. The quantitative estimate of drug-likeness (QED) is 0.202. The lowest BCUT2D eigenvalue weighted by Crippen LogP contribution is -2.55. The molecule has 0 saturated heterocycles. The maximum atomic E-state index is 16.1. The molecule has 0 N–H and O–H groups in total. The molecule has 2 aliphatic carbocycles. The Morgan fingerprint density at radius 1 is 0.907 bits per heavy atom. The van der Waals surface area contributed by atoms with Gasteiger partial charge in [0.1, 0.15) is 17.2 Å². The first kappa shape index (κ1) is 29.0. The number of hydrogen-bond donors (Lipinski definition) is 0. The van der Waals surface area contributed by atoms with E-state index in [1.54, 1.807) is 28.8 Å². The fourth-order valence-corrected chi connectivity index (χ4v) is 6.37. The SMILES string of the molecule is COC(=O)C1(Oc2ccc(N(C(C)=O)C3(n4c(-c5ccc(Cl)cc5)nc5cc(F)c(F)cc54)CCCCC3)c(F)c2)CC1. The van der Waals surface area contributed by atoms with Gasteiger partial charge in [0.2, 0.25) is 11.5 Å². The zero-order valence-electron chi connectivity index (χ0n) is 23.6. The van der Waals surface area contributed by atoms with Gasteiger partial charge >= 0.3 is 5.97 Å². The molecule has 0 spiro atoms. The smallest absolute Gasteiger partial charge is 0.350 e. The van der Waals surface area contributed by atoms with Crippen LogP contribution in [0.4, 0.5) is 18.9 Å². The number of benzene rings is 3. The van der Waals surface area contributed by atoms with Gasteiger partial charge in [-0.2, -0.15) is 0 Å². The molecule has 11 heteroatoms. The Balaban J connectivity index is 1.54. The van der Waals surface area contributed by atoms with Crippen LogP contribution in [0.5, 0.6) is 5.75 Å². The van der Waals surface area contributed by atoms with Crippen molar-refractivity contribution in [3.8, 4) is 17.1 Å². The zero-order chi connectivity index (χ0) is 30.5. The number of methoxy groups -OCH3 is 1. The Morgan fingerprint density at radius 3 is 2.19 bits per heavy atom. The van der Waals surface area contributed by atoms with Gasteiger partial charge in [0, 0.05) is 48.6 Å². The minimum Gasteiger partial charge on any atom is -0.475 e. The van der Waals surface area contributed by atoms with Gasteiger partial charge in [-0.3, -0.25) is 14.3 Å². The first-order chi connectivity index (χ1) is 20.6. The lowest BCUT2D eigenvalue weighted by atomic mass is 9.85. The third-order valence-electron chi connectivity index (χ3n) is 8.34. The number of rotatable bonds is 7. The number of ether oxygens (including phenoxy) is 2. The molecule has 0 radical (unpaired) electrons. The summed E-state index contributed by atoms with van der Waals surface area (Å²) in [6, 6.07) is 13.0. The molecule has 4 aromatic rings. The van der Waals surface area contributed by atoms with E-state index < -0.39 is 40.6 Å². The highest BCUT2D eigenvalue weighted by Crippen LogP contribution is 2.47. The largest absolute Gasteiger partial charge is 0.475 e. The average molecular weight is 612 g/mol. The highest BCUT2D eigenvalue weighted by Gasteiger charge is 2.54. The van der Waals surface area contributed by atoms with Crippen LogP contribution in [0.15, 0.2) is 54.6 Å². The fourth-order valence-electron chi connectivity index (χ4n) is 6.24. The first-order valence-corrected chi connectivity index (χ1v) is 14.5. The second-order valence-electron chi connectivity index (χ2n) is 11.1. The number of esters is 1. The van der Waals surface area contributed by atoms with E-state index in [1.807, 2.05) is 0 Å². The summed E-state index contributed by atoms with van der Waals surface area (Å²) in [6.45, 7) is 1.35. The van der Waals surface area contributed by atoms with E-state index in [-0.39, 0.29) is 22.5 Å². The van der Waals surface area contributed by atoms with Crippen molar-refractivity contribution in [2.24, 2.45) is 0 Å². The lowest BCUT2D eigenvalue weighted by Gasteiger charge is -2.48. The topological polar surface area (TPSA) is 73.7 Å². The van der Waals surface area contributed by atoms with Crippen molar-refractivity contribution in [1.82, 2.24) is 9.55 Å². The summed E-state index contributed by atoms with van der Waals surface area (Å²) in [5.41, 5.74) is -1.31. The van der Waals surface area contributed by atoms with Crippen molar-refractivity contribution in [2.45, 2.75) is 63.1 Å². The van der Waals surface area contributed by atoms with Gasteiger partial charge < -0.3 is 9.47 Å². The number of hydrogen-bond acceptors (Lipinski definition) is 5. The summed E-state index contributed by atoms with van der Waals surface area (Å²) >= 11 is 6.15. The van der Waals surface area contributed by atoms with Gasteiger partial charge in [0.05, 0.1) is 23.8 Å². The number of anilines is 1. The molecule has 224 valence electrons. The van der Waals surface area contributed by atoms with Crippen molar-refractivity contribution < 1.29 is 32.2 Å². The van der Waals surface area contributed by atoms with E-state index in [0.717, 1.165) is 24.6 Å². The van der Waals surface area contributed by atoms with Gasteiger partial charge in [0.25, 0.3) is 0 Å². The summed E-state index contributed by atoms with van der Waals surface area (Å²) in [6.07, 6.45) is 3.97. The molecule has 3 aromatic carbocycles. The number of imidazole rings is 1. The van der Waals surface area contributed by atoms with E-state index in [1.165, 1.54) is 31.1 Å². The van der Waals surface area contributed by atoms with E-state index in [2.05, 4.69) is 0 Å². The molecule has 43 heavy (non-hydrogen) atoms. The minimum absolute atomic E-state index is 0.0174. The molecular weight excluding hydrogens is 583 g/mol. The molecule has 0 aliphatic heterocycles. The molecule has 1 heterocycles. The molecule has 2 fully saturated rings. The number of carbonyl (C=O) groups is 2. The third kappa shape index (κ3) is 5.01. The van der Waals surface area contributed by atoms with Crippen LogP contribution in [0.1, 0.15) is 51.9 Å². The second-order valence-corrected chi connectivity index (χ2v) is 11.6. The van der Waals surface area contributed by atoms with E-state index in [0.29, 0.717) is 54.9 Å². The first-order valence-electron chi connectivity index (χ1n) is 14.1. The molecule has 2 saturated carbocycles. The van der Waals surface area contributed by atoms with Gasteiger partial charge in [-0.25, -0.2) is 22.9 Å². The average Bonchev–Trinajstić information content (AvgIpc) is 3.68. The zero-order valence-corrected chi connectivity index (χ0v) is 24.4. The van der Waals surface area contributed by atoms with Crippen LogP contribution < -0.4 is 9.64 Å². The van der Waals surface area contributed by atoms with Crippen LogP contribution in [-0.4, -0.2) is 34.1 Å². The number of fused-ring (bicyclic) bond motifs is 1. The summed E-state index contributed by atoms with van der Waals surface area (Å²) in [4.78, 5) is 31.9. The predicted molar refractivity (Wildman–Crippen MR) is 155 cm³/mol. The van der Waals surface area contributed by atoms with Crippen LogP contribution in [-0.2, 0) is 20.0 Å². The van der Waals surface area contributed by atoms with Gasteiger partial charge in [-0.1, -0.05) is 18.0 Å². The van der Waals surface area contributed by atoms with Crippen LogP contribution in [0, 0.1) is 17.5 Å². The monoisotopic (exact) mass is 611 g/mol. The Morgan fingerprint density at radius 2 is 1.58 bits per heavy atom. The third-order valence-corrected chi connectivity index (χ3v) is 8.59. The molecule has 0 bridgehead atoms. The Bertz CT molecular complexity index is 1730. The van der Waals surface area contributed by atoms with Gasteiger partial charge in [-0.15, -0.1) is 0 Å². The molecular formula is C32H29ClF3N3O4. The molecule has 7 nitrogen and oxygen atoms in total. The van der Waals surface area contributed by atoms with Gasteiger partial charge in [0.15, 0.2) is 17.5 Å². The Hall–Kier alpha value is -4.05. The molecule has 0 atom stereocenters. The molecule has 1 aromatic heterocycles. The van der Waals surface area contributed by atoms with Crippen molar-refractivity contribution in [3.63, 3.8) is 0 Å². The number of halogens is 4. The van der Waals surface area contributed by atoms with Crippen molar-refractivity contribution >= 4 is 40.2 Å². The van der Waals surface area contributed by atoms with E-state index in [9.17, 15) is 18.4 Å². The van der Waals surface area contributed by atoms with Crippen molar-refractivity contribution in [2.75, 3.05) is 12.0 Å². The Labute approximate surface area is 251 Å². The van der Waals surface area contributed by atoms with Gasteiger partial charge in [-0.05, 0) is 62.1 Å². The van der Waals surface area contributed by atoms with Crippen LogP contribution >= 0.6 is 11.6 Å². The summed E-state index contributed by atoms with van der Waals surface area (Å²) in [5.74, 6) is -3.36. The fraction of sp³-hybridized carbons (Fsp3) is 0.344. The standard InChI is InChI=1S/C32H29ClF3N3O4/c1-19(40)38(27-11-10-22(16-25(27)36)43-31(14-15-31)30(41)42-2)32(12-4-3-5-13-32)39-28-18-24(35)23(34)17-26(28)37-29(39)20-6-8-21(33)9-7-20/h6-11,16-18H,3-5,12-15H2,1-2H3. The van der Waals surface area contributed by atoms with Crippen LogP contribution in [0.25, 0.3) is 22.4 Å². The van der Waals surface area contributed by atoms with Crippen LogP contribution in [0.2, 0.25) is 5.02 Å². The number of aromatic nitrogens is 2. The molecule has 1 amide bonds. The molecule has 6 rings (SSSR count).